The molecule has 0 radical (unpaired) electrons. The molecule has 0 aliphatic rings. The van der Waals surface area contributed by atoms with Gasteiger partial charge in [-0.05, 0) is 13.3 Å². The van der Waals surface area contributed by atoms with Crippen molar-refractivity contribution in [3.05, 3.63) is 37.5 Å². The van der Waals surface area contributed by atoms with Crippen LogP contribution in [0.3, 0.4) is 0 Å². The van der Waals surface area contributed by atoms with Gasteiger partial charge in [-0.25, -0.2) is 4.79 Å². The van der Waals surface area contributed by atoms with E-state index in [0.29, 0.717) is 6.42 Å². The lowest BCUT2D eigenvalue weighted by Gasteiger charge is -2.19. The molecule has 0 rings (SSSR count). The number of rotatable bonds is 6. The van der Waals surface area contributed by atoms with E-state index < -0.39 is 12.1 Å². The molecular weight excluding hydrogens is 242 g/mol. The van der Waals surface area contributed by atoms with Crippen molar-refractivity contribution in [3.8, 4) is 0 Å². The quantitative estimate of drug-likeness (QED) is 0.593. The molecule has 4 heteroatoms. The second-order valence-corrected chi connectivity index (χ2v) is 4.02. The third-order valence-corrected chi connectivity index (χ3v) is 2.46. The maximum atomic E-state index is 11.9. The van der Waals surface area contributed by atoms with E-state index in [2.05, 4.69) is 29.8 Å². The van der Waals surface area contributed by atoms with Crippen LogP contribution >= 0.6 is 0 Å². The van der Waals surface area contributed by atoms with E-state index in [1.165, 1.54) is 7.11 Å². The summed E-state index contributed by atoms with van der Waals surface area (Å²) in [6.45, 7) is 15.1. The van der Waals surface area contributed by atoms with Gasteiger partial charge in [0.2, 0.25) is 0 Å². The van der Waals surface area contributed by atoms with E-state index in [0.717, 1.165) is 5.57 Å². The highest BCUT2D eigenvalue weighted by Crippen LogP contribution is 2.11. The van der Waals surface area contributed by atoms with E-state index in [1.807, 2.05) is 13.0 Å². The fourth-order valence-electron chi connectivity index (χ4n) is 1.38. The molecule has 1 amide bonds. The Labute approximate surface area is 116 Å². The minimum atomic E-state index is -0.594. The molecular formula is C15H25NO3. The van der Waals surface area contributed by atoms with Gasteiger partial charge in [0.05, 0.1) is 13.2 Å². The van der Waals surface area contributed by atoms with Crippen LogP contribution < -0.4 is 5.32 Å². The molecule has 0 saturated carbocycles. The van der Waals surface area contributed by atoms with Gasteiger partial charge in [0.1, 0.15) is 0 Å². The lowest BCUT2D eigenvalue weighted by Crippen LogP contribution is -2.42. The monoisotopic (exact) mass is 267 g/mol. The predicted molar refractivity (Wildman–Crippen MR) is 79.0 cm³/mol. The zero-order valence-corrected chi connectivity index (χ0v) is 12.4. The van der Waals surface area contributed by atoms with Gasteiger partial charge < -0.3 is 10.1 Å². The largest absolute Gasteiger partial charge is 0.453 e. The van der Waals surface area contributed by atoms with Crippen LogP contribution in [0.4, 0.5) is 4.79 Å². The first kappa shape index (κ1) is 19.5. The summed E-state index contributed by atoms with van der Waals surface area (Å²) in [6.07, 6.45) is 3.39. The number of amides is 1. The van der Waals surface area contributed by atoms with E-state index in [1.54, 1.807) is 19.9 Å². The van der Waals surface area contributed by atoms with Crippen LogP contribution in [0.15, 0.2) is 37.5 Å². The van der Waals surface area contributed by atoms with E-state index in [4.69, 9.17) is 0 Å². The average Bonchev–Trinajstić information content (AvgIpc) is 2.44. The molecule has 0 aromatic carbocycles. The van der Waals surface area contributed by atoms with E-state index >= 15 is 0 Å². The number of hydrogen-bond donors (Lipinski definition) is 1. The predicted octanol–water partition coefficient (Wildman–Crippen LogP) is 3.26. The van der Waals surface area contributed by atoms with Gasteiger partial charge in [-0.1, -0.05) is 38.2 Å². The Kier molecular flexibility index (Phi) is 11.6. The minimum absolute atomic E-state index is 0.0170. The maximum Gasteiger partial charge on any atom is 0.407 e. The van der Waals surface area contributed by atoms with Gasteiger partial charge in [-0.3, -0.25) is 4.79 Å². The first-order valence-electron chi connectivity index (χ1n) is 6.12. The molecule has 1 atom stereocenters. The number of ketones is 1. The lowest BCUT2D eigenvalue weighted by atomic mass is 9.95. The number of carbonyl (C=O) groups excluding carboxylic acids is 2. The van der Waals surface area contributed by atoms with Crippen LogP contribution in [-0.4, -0.2) is 25.0 Å². The van der Waals surface area contributed by atoms with Crippen LogP contribution in [0.5, 0.6) is 0 Å². The van der Waals surface area contributed by atoms with Crippen LogP contribution in [0.2, 0.25) is 0 Å². The van der Waals surface area contributed by atoms with Gasteiger partial charge in [-0.15, -0.1) is 13.2 Å². The smallest absolute Gasteiger partial charge is 0.407 e. The fraction of sp³-hybridized carbons (Fsp3) is 0.467. The van der Waals surface area contributed by atoms with Crippen molar-refractivity contribution in [1.29, 1.82) is 0 Å². The Morgan fingerprint density at radius 1 is 1.32 bits per heavy atom. The molecule has 0 aromatic heterocycles. The van der Waals surface area contributed by atoms with Gasteiger partial charge in [0.25, 0.3) is 0 Å². The number of hydrogen-bond acceptors (Lipinski definition) is 3. The molecule has 1 N–H and O–H groups in total. The number of Topliss-reactive ketones (excluding diaryl/α,β-unsaturated/α-hetero) is 1. The highest BCUT2D eigenvalue weighted by atomic mass is 16.5. The third kappa shape index (κ3) is 7.97. The van der Waals surface area contributed by atoms with Crippen molar-refractivity contribution in [2.45, 2.75) is 33.2 Å². The third-order valence-electron chi connectivity index (χ3n) is 2.46. The normalized spacial score (nSPS) is 11.9. The highest BCUT2D eigenvalue weighted by molar-refractivity contribution is 5.89. The van der Waals surface area contributed by atoms with Crippen molar-refractivity contribution in [2.75, 3.05) is 7.11 Å². The van der Waals surface area contributed by atoms with Crippen molar-refractivity contribution in [3.63, 3.8) is 0 Å². The molecule has 19 heavy (non-hydrogen) atoms. The summed E-state index contributed by atoms with van der Waals surface area (Å²) >= 11 is 0. The number of nitrogens with one attached hydrogen (secondary N) is 1. The zero-order chi connectivity index (χ0) is 15.4. The van der Waals surface area contributed by atoms with Crippen molar-refractivity contribution < 1.29 is 14.3 Å². The second kappa shape index (κ2) is 11.3. The van der Waals surface area contributed by atoms with E-state index in [-0.39, 0.29) is 11.7 Å². The van der Waals surface area contributed by atoms with Gasteiger partial charge >= 0.3 is 6.09 Å². The average molecular weight is 267 g/mol. The number of carbonyl (C=O) groups is 2. The van der Waals surface area contributed by atoms with Gasteiger partial charge in [0.15, 0.2) is 5.78 Å². The maximum absolute atomic E-state index is 11.9. The lowest BCUT2D eigenvalue weighted by molar-refractivity contribution is -0.123. The number of methoxy groups -OCH3 is 1. The minimum Gasteiger partial charge on any atom is -0.453 e. The topological polar surface area (TPSA) is 55.4 Å². The SMILES string of the molecule is C=C.C=C/C(=C\C)CC(NC(=O)OC)C(=O)C(C)C. The molecule has 108 valence electrons. The molecule has 0 fully saturated rings. The molecule has 0 aromatic rings. The second-order valence-electron chi connectivity index (χ2n) is 4.02. The standard InChI is InChI=1S/C13H21NO3.C2H4/c1-6-10(7-2)8-11(12(15)9(3)4)14-13(16)17-5;1-2/h6-7,9,11H,1,8H2,2-5H3,(H,14,16);1-2H2/b10-7+;. The Morgan fingerprint density at radius 3 is 2.16 bits per heavy atom. The highest BCUT2D eigenvalue weighted by Gasteiger charge is 2.23. The van der Waals surface area contributed by atoms with Crippen LogP contribution in [0, 0.1) is 5.92 Å². The molecule has 0 spiro atoms. The molecule has 0 saturated heterocycles. The van der Waals surface area contributed by atoms with Crippen LogP contribution in [0.1, 0.15) is 27.2 Å². The van der Waals surface area contributed by atoms with E-state index in [9.17, 15) is 9.59 Å². The summed E-state index contributed by atoms with van der Waals surface area (Å²) in [5.41, 5.74) is 0.917. The molecule has 0 bridgehead atoms. The first-order chi connectivity index (χ1) is 8.96. The summed E-state index contributed by atoms with van der Waals surface area (Å²) < 4.78 is 4.51. The Bertz CT molecular complexity index is 332. The molecule has 0 aliphatic heterocycles. The summed E-state index contributed by atoms with van der Waals surface area (Å²) in [7, 11) is 1.27. The van der Waals surface area contributed by atoms with Gasteiger partial charge in [0, 0.05) is 5.92 Å². The number of allylic oxidation sites excluding steroid dienone is 2. The fourth-order valence-corrected chi connectivity index (χ4v) is 1.38. The summed E-state index contributed by atoms with van der Waals surface area (Å²) in [4.78, 5) is 23.1. The summed E-state index contributed by atoms with van der Waals surface area (Å²) in [5.74, 6) is -0.156. The van der Waals surface area contributed by atoms with Crippen LogP contribution in [0.25, 0.3) is 0 Å². The Hall–Kier alpha value is -1.84. The molecule has 0 heterocycles. The van der Waals surface area contributed by atoms with Crippen LogP contribution in [-0.2, 0) is 9.53 Å². The zero-order valence-electron chi connectivity index (χ0n) is 12.4. The molecule has 1 unspecified atom stereocenters. The molecule has 4 nitrogen and oxygen atoms in total. The van der Waals surface area contributed by atoms with Crippen molar-refractivity contribution >= 4 is 11.9 Å². The van der Waals surface area contributed by atoms with Crippen molar-refractivity contribution in [1.82, 2.24) is 5.32 Å². The molecule has 0 aliphatic carbocycles. The Balaban J connectivity index is 0. The summed E-state index contributed by atoms with van der Waals surface area (Å²) in [6, 6.07) is -0.563. The number of alkyl carbamates (subject to hydrolysis) is 1. The van der Waals surface area contributed by atoms with Crippen molar-refractivity contribution in [2.24, 2.45) is 5.92 Å². The van der Waals surface area contributed by atoms with Gasteiger partial charge in [-0.2, -0.15) is 0 Å². The Morgan fingerprint density at radius 2 is 1.84 bits per heavy atom. The summed E-state index contributed by atoms with van der Waals surface area (Å²) in [5, 5.41) is 2.55. The first-order valence-corrected chi connectivity index (χ1v) is 6.12. The number of ether oxygens (including phenoxy) is 1.